The maximum absolute atomic E-state index is 10.8. The predicted octanol–water partition coefficient (Wildman–Crippen LogP) is 4.70. The fourth-order valence-corrected chi connectivity index (χ4v) is 7.71. The van der Waals surface area contributed by atoms with Crippen LogP contribution in [0.15, 0.2) is 23.8 Å². The highest BCUT2D eigenvalue weighted by atomic mass is 16.5. The van der Waals surface area contributed by atoms with E-state index in [-0.39, 0.29) is 23.5 Å². The zero-order chi connectivity index (χ0) is 22.1. The Hall–Kier alpha value is -1.20. The normalized spacial score (nSPS) is 41.2. The summed E-state index contributed by atoms with van der Waals surface area (Å²) >= 11 is 0. The molecule has 5 rings (SSSR count). The van der Waals surface area contributed by atoms with Crippen molar-refractivity contribution in [2.75, 3.05) is 6.54 Å². The second-order valence-corrected chi connectivity index (χ2v) is 11.4. The van der Waals surface area contributed by atoms with Crippen LogP contribution < -0.4 is 0 Å². The van der Waals surface area contributed by atoms with E-state index in [0.29, 0.717) is 24.3 Å². The predicted molar refractivity (Wildman–Crippen MR) is 122 cm³/mol. The van der Waals surface area contributed by atoms with Crippen LogP contribution in [0.1, 0.15) is 87.0 Å². The molecule has 3 aliphatic carbocycles. The zero-order valence-electron chi connectivity index (χ0n) is 19.5. The number of hydrogen-bond donors (Lipinski definition) is 3. The third-order valence-corrected chi connectivity index (χ3v) is 9.49. The largest absolute Gasteiger partial charge is 0.393 e. The first-order chi connectivity index (χ1) is 14.7. The average Bonchev–Trinajstić information content (AvgIpc) is 3.09. The Morgan fingerprint density at radius 2 is 1.97 bits per heavy atom. The maximum Gasteiger partial charge on any atom is 0.0727 e. The molecule has 3 N–H and O–H groups in total. The van der Waals surface area contributed by atoms with E-state index >= 15 is 0 Å². The standard InChI is InChI=1S/C27H39NO3/c1-15-11-25(30)26(28(31)14-15)17(3)20-7-8-21-22-6-5-18-12-19(29)9-10-27(18,4)24(22)13-23(21)16(20)2/h5,7-8,15,17,19,22,24-26,29-31H,6,9-14H2,1-4H3. The molecule has 1 heterocycles. The lowest BCUT2D eigenvalue weighted by atomic mass is 9.57. The van der Waals surface area contributed by atoms with E-state index in [1.807, 2.05) is 0 Å². The molecule has 1 aliphatic heterocycles. The number of piperidine rings is 1. The van der Waals surface area contributed by atoms with Gasteiger partial charge in [-0.15, -0.1) is 0 Å². The highest BCUT2D eigenvalue weighted by Gasteiger charge is 2.50. The van der Waals surface area contributed by atoms with Crippen molar-refractivity contribution in [1.82, 2.24) is 5.06 Å². The van der Waals surface area contributed by atoms with Crippen molar-refractivity contribution in [3.05, 3.63) is 46.0 Å². The van der Waals surface area contributed by atoms with E-state index in [9.17, 15) is 15.4 Å². The lowest BCUT2D eigenvalue weighted by Crippen LogP contribution is -2.51. The highest BCUT2D eigenvalue weighted by Crippen LogP contribution is 2.60. The third-order valence-electron chi connectivity index (χ3n) is 9.49. The van der Waals surface area contributed by atoms with Gasteiger partial charge in [0.25, 0.3) is 0 Å². The number of fused-ring (bicyclic) bond motifs is 5. The first kappa shape index (κ1) is 21.6. The molecule has 1 saturated carbocycles. The number of aliphatic hydroxyl groups excluding tert-OH is 2. The molecule has 1 saturated heterocycles. The lowest BCUT2D eigenvalue weighted by molar-refractivity contribution is -0.191. The molecule has 0 radical (unpaired) electrons. The summed E-state index contributed by atoms with van der Waals surface area (Å²) in [5.41, 5.74) is 7.34. The molecule has 0 bridgehead atoms. The van der Waals surface area contributed by atoms with Gasteiger partial charge < -0.3 is 15.4 Å². The van der Waals surface area contributed by atoms with Crippen LogP contribution in [0, 0.1) is 24.2 Å². The van der Waals surface area contributed by atoms with Crippen molar-refractivity contribution < 1.29 is 15.4 Å². The van der Waals surface area contributed by atoms with Crippen LogP contribution in [-0.4, -0.2) is 45.3 Å². The van der Waals surface area contributed by atoms with Gasteiger partial charge >= 0.3 is 0 Å². The van der Waals surface area contributed by atoms with Gasteiger partial charge in [-0.25, -0.2) is 0 Å². The van der Waals surface area contributed by atoms with Gasteiger partial charge in [-0.3, -0.25) is 0 Å². The van der Waals surface area contributed by atoms with Gasteiger partial charge in [-0.1, -0.05) is 44.6 Å². The summed E-state index contributed by atoms with van der Waals surface area (Å²) < 4.78 is 0. The topological polar surface area (TPSA) is 63.9 Å². The third kappa shape index (κ3) is 3.33. The summed E-state index contributed by atoms with van der Waals surface area (Å²) in [5, 5.41) is 33.0. The molecule has 31 heavy (non-hydrogen) atoms. The number of hydrogen-bond acceptors (Lipinski definition) is 4. The van der Waals surface area contributed by atoms with E-state index in [4.69, 9.17) is 0 Å². The highest BCUT2D eigenvalue weighted by molar-refractivity contribution is 5.49. The van der Waals surface area contributed by atoms with Crippen LogP contribution in [0.5, 0.6) is 0 Å². The average molecular weight is 426 g/mol. The van der Waals surface area contributed by atoms with Crippen molar-refractivity contribution in [3.63, 3.8) is 0 Å². The van der Waals surface area contributed by atoms with Crippen LogP contribution in [0.3, 0.4) is 0 Å². The minimum absolute atomic E-state index is 0.0783. The Bertz CT molecular complexity index is 883. The number of nitrogens with zero attached hydrogens (tertiary/aromatic N) is 1. The fourth-order valence-electron chi connectivity index (χ4n) is 7.71. The van der Waals surface area contributed by atoms with Crippen LogP contribution in [0.2, 0.25) is 0 Å². The number of allylic oxidation sites excluding steroid dienone is 1. The molecular formula is C27H39NO3. The maximum atomic E-state index is 10.8. The molecule has 1 aromatic rings. The Morgan fingerprint density at radius 1 is 1.19 bits per heavy atom. The van der Waals surface area contributed by atoms with E-state index < -0.39 is 6.10 Å². The van der Waals surface area contributed by atoms with Crippen LogP contribution >= 0.6 is 0 Å². The van der Waals surface area contributed by atoms with Gasteiger partial charge in [0.2, 0.25) is 0 Å². The summed E-state index contributed by atoms with van der Waals surface area (Å²) in [6, 6.07) is 4.37. The van der Waals surface area contributed by atoms with Crippen molar-refractivity contribution in [3.8, 4) is 0 Å². The molecule has 4 heteroatoms. The smallest absolute Gasteiger partial charge is 0.0727 e. The van der Waals surface area contributed by atoms with Crippen LogP contribution in [0.25, 0.3) is 0 Å². The summed E-state index contributed by atoms with van der Waals surface area (Å²) in [7, 11) is 0. The summed E-state index contributed by atoms with van der Waals surface area (Å²) in [6.45, 7) is 9.56. The Kier molecular flexibility index (Phi) is 5.37. The molecule has 4 nitrogen and oxygen atoms in total. The zero-order valence-corrected chi connectivity index (χ0v) is 19.5. The summed E-state index contributed by atoms with van der Waals surface area (Å²) in [4.78, 5) is 0. The monoisotopic (exact) mass is 425 g/mol. The van der Waals surface area contributed by atoms with Gasteiger partial charge in [0.05, 0.1) is 18.2 Å². The fraction of sp³-hybridized carbons (Fsp3) is 0.704. The van der Waals surface area contributed by atoms with Gasteiger partial charge in [0.1, 0.15) is 0 Å². The van der Waals surface area contributed by atoms with E-state index in [1.54, 1.807) is 0 Å². The lowest BCUT2D eigenvalue weighted by Gasteiger charge is -2.48. The van der Waals surface area contributed by atoms with Gasteiger partial charge in [-0.2, -0.15) is 5.06 Å². The first-order valence-corrected chi connectivity index (χ1v) is 12.3. The molecule has 0 aromatic heterocycles. The second kappa shape index (κ2) is 7.69. The SMILES string of the molecule is Cc1c(C(C)C2C(O)CC(C)CN2O)ccc2c1CC1C2CC=C2CC(O)CCC21C. The van der Waals surface area contributed by atoms with Gasteiger partial charge in [0, 0.05) is 12.5 Å². The summed E-state index contributed by atoms with van der Waals surface area (Å²) in [5.74, 6) is 1.59. The van der Waals surface area contributed by atoms with Crippen LogP contribution in [0.4, 0.5) is 0 Å². The van der Waals surface area contributed by atoms with Gasteiger partial charge in [0.15, 0.2) is 0 Å². The molecule has 170 valence electrons. The van der Waals surface area contributed by atoms with Crippen molar-refractivity contribution in [2.24, 2.45) is 17.3 Å². The molecule has 2 fully saturated rings. The number of rotatable bonds is 2. The van der Waals surface area contributed by atoms with E-state index in [1.165, 1.54) is 32.9 Å². The quantitative estimate of drug-likeness (QED) is 0.601. The van der Waals surface area contributed by atoms with Crippen LogP contribution in [-0.2, 0) is 6.42 Å². The Labute approximate surface area is 186 Å². The van der Waals surface area contributed by atoms with E-state index in [0.717, 1.165) is 38.5 Å². The molecule has 4 aliphatic rings. The minimum atomic E-state index is -0.502. The molecule has 0 spiro atoms. The summed E-state index contributed by atoms with van der Waals surface area (Å²) in [6.07, 6.45) is 7.58. The van der Waals surface area contributed by atoms with Crippen molar-refractivity contribution in [1.29, 1.82) is 0 Å². The van der Waals surface area contributed by atoms with Crippen molar-refractivity contribution >= 4 is 0 Å². The Balaban J connectivity index is 1.45. The Morgan fingerprint density at radius 3 is 2.71 bits per heavy atom. The van der Waals surface area contributed by atoms with E-state index in [2.05, 4.69) is 45.9 Å². The molecule has 1 aromatic carbocycles. The molecule has 8 atom stereocenters. The molecule has 8 unspecified atom stereocenters. The minimum Gasteiger partial charge on any atom is -0.393 e. The number of hydroxylamine groups is 2. The molecule has 0 amide bonds. The van der Waals surface area contributed by atoms with Gasteiger partial charge in [-0.05, 0) is 90.9 Å². The van der Waals surface area contributed by atoms with Crippen molar-refractivity contribution in [2.45, 2.75) is 96.3 Å². The number of aliphatic hydroxyl groups is 2. The number of benzene rings is 1. The first-order valence-electron chi connectivity index (χ1n) is 12.3. The molecular weight excluding hydrogens is 386 g/mol. The second-order valence-electron chi connectivity index (χ2n) is 11.4.